The van der Waals surface area contributed by atoms with E-state index in [2.05, 4.69) is 43.0 Å². The van der Waals surface area contributed by atoms with Gasteiger partial charge in [0.25, 0.3) is 0 Å². The summed E-state index contributed by atoms with van der Waals surface area (Å²) in [4.78, 5) is 115. The van der Waals surface area contributed by atoms with Gasteiger partial charge in [-0.1, -0.05) is 30.3 Å². The molecular formula is C33H50N10O12. The zero-order chi connectivity index (χ0) is 40.9. The highest BCUT2D eigenvalue weighted by molar-refractivity contribution is 6.41. The van der Waals surface area contributed by atoms with Crippen LogP contribution in [0.15, 0.2) is 30.3 Å². The van der Waals surface area contributed by atoms with Crippen LogP contribution >= 0.6 is 0 Å². The minimum absolute atomic E-state index is 0.0533. The van der Waals surface area contributed by atoms with Crippen LogP contribution in [0.1, 0.15) is 44.1 Å². The third-order valence-corrected chi connectivity index (χ3v) is 8.31. The third kappa shape index (κ3) is 16.0. The van der Waals surface area contributed by atoms with Crippen molar-refractivity contribution in [3.63, 3.8) is 0 Å². The molecule has 0 aliphatic carbocycles. The highest BCUT2D eigenvalue weighted by Crippen LogP contribution is 2.09. The number of benzene rings is 1. The fourth-order valence-corrected chi connectivity index (χ4v) is 5.17. The number of amides is 6. The molecule has 0 saturated carbocycles. The van der Waals surface area contributed by atoms with Crippen molar-refractivity contribution in [2.24, 2.45) is 11.5 Å². The predicted octanol–water partition coefficient (Wildman–Crippen LogP) is -6.90. The first-order valence-corrected chi connectivity index (χ1v) is 17.4. The molecule has 15 N–H and O–H groups in total. The standard InChI is InChI=1S/C33H50N10O12/c34-26(48)13-23(41-40-19(14-44)15-45)32(54)37-20-8-4-5-11-36-27(49)10-9-21(30(35)52)38-31(53)22(12-18-6-2-1-3-7-18)39-33(55)25(17-47)43-42-24(16-46)29(51)28(20)50/h1-3,6-7,14,19-25,40-43,45-47H,4-5,8-13,15-17H2,(H2,34,48)(H2,35,52)(H,36,49)(H,37,54)(H,38,53)(H,39,55)/t19-,20?,21?,22+,23+,24+,25+/m1/s1. The van der Waals surface area contributed by atoms with Gasteiger partial charge in [0.1, 0.15) is 36.5 Å². The lowest BCUT2D eigenvalue weighted by molar-refractivity contribution is -0.141. The summed E-state index contributed by atoms with van der Waals surface area (Å²) in [6, 6.07) is -1.75. The second kappa shape index (κ2) is 24.2. The van der Waals surface area contributed by atoms with Crippen molar-refractivity contribution < 1.29 is 58.5 Å². The van der Waals surface area contributed by atoms with Gasteiger partial charge in [-0.15, -0.1) is 0 Å². The van der Waals surface area contributed by atoms with Crippen molar-refractivity contribution in [2.45, 2.75) is 87.2 Å². The molecule has 0 bridgehead atoms. The molecule has 2 unspecified atom stereocenters. The molecule has 1 saturated heterocycles. The molecule has 0 aromatic heterocycles. The Labute approximate surface area is 315 Å². The Balaban J connectivity index is 2.40. The largest absolute Gasteiger partial charge is 0.394 e. The molecule has 1 heterocycles. The fraction of sp³-hybridized carbons (Fsp3) is 0.545. The molecule has 22 nitrogen and oxygen atoms in total. The van der Waals surface area contributed by atoms with E-state index in [1.54, 1.807) is 30.3 Å². The molecule has 1 aromatic carbocycles. The van der Waals surface area contributed by atoms with E-state index in [0.717, 1.165) is 0 Å². The van der Waals surface area contributed by atoms with E-state index in [1.165, 1.54) is 0 Å². The highest BCUT2D eigenvalue weighted by atomic mass is 16.3. The van der Waals surface area contributed by atoms with Gasteiger partial charge >= 0.3 is 0 Å². The average Bonchev–Trinajstić information content (AvgIpc) is 3.16. The number of nitrogens with one attached hydrogen (secondary N) is 8. The number of hydrogen-bond donors (Lipinski definition) is 13. The number of aldehydes is 1. The Morgan fingerprint density at radius 1 is 0.836 bits per heavy atom. The van der Waals surface area contributed by atoms with Crippen LogP contribution in [0.25, 0.3) is 0 Å². The summed E-state index contributed by atoms with van der Waals surface area (Å²) in [6.07, 6.45) is -0.701. The van der Waals surface area contributed by atoms with Gasteiger partial charge in [-0.2, -0.15) is 0 Å². The topological polar surface area (TPSA) is 363 Å². The van der Waals surface area contributed by atoms with Crippen molar-refractivity contribution in [3.05, 3.63) is 35.9 Å². The highest BCUT2D eigenvalue weighted by Gasteiger charge is 2.35. The lowest BCUT2D eigenvalue weighted by Gasteiger charge is -2.26. The van der Waals surface area contributed by atoms with Crippen molar-refractivity contribution in [1.82, 2.24) is 43.0 Å². The van der Waals surface area contributed by atoms with Crippen molar-refractivity contribution in [3.8, 4) is 0 Å². The SMILES string of the molecule is NC(=O)C[C@H](NN[C@H](C=O)CO)C(=O)NC1CCCCNC(=O)CCC(C(N)=O)NC(=O)[C@H](Cc2ccccc2)NC(=O)[C@H](CO)NN[C@@H](CO)C(=O)C1=O. The number of primary amides is 2. The molecule has 1 fully saturated rings. The van der Waals surface area contributed by atoms with E-state index < -0.39 is 116 Å². The molecule has 304 valence electrons. The maximum atomic E-state index is 13.5. The second-order valence-corrected chi connectivity index (χ2v) is 12.6. The molecule has 2 rings (SSSR count). The first-order valence-electron chi connectivity index (χ1n) is 17.4. The average molecular weight is 779 g/mol. The fourth-order valence-electron chi connectivity index (χ4n) is 5.17. The molecule has 22 heteroatoms. The van der Waals surface area contributed by atoms with Gasteiger partial charge in [0.2, 0.25) is 47.0 Å². The number of ketones is 2. The molecule has 6 amide bonds. The molecule has 1 aliphatic rings. The summed E-state index contributed by atoms with van der Waals surface area (Å²) in [5.41, 5.74) is 20.8. The van der Waals surface area contributed by atoms with Crippen LogP contribution in [-0.4, -0.2) is 137 Å². The van der Waals surface area contributed by atoms with Crippen molar-refractivity contribution in [2.75, 3.05) is 26.4 Å². The van der Waals surface area contributed by atoms with Crippen molar-refractivity contribution in [1.29, 1.82) is 0 Å². The van der Waals surface area contributed by atoms with E-state index in [-0.39, 0.29) is 45.1 Å². The van der Waals surface area contributed by atoms with Crippen LogP contribution in [0, 0.1) is 0 Å². The Hall–Kier alpha value is -5.23. The van der Waals surface area contributed by atoms with E-state index in [1.807, 2.05) is 0 Å². The Morgan fingerprint density at radius 2 is 1.49 bits per heavy atom. The number of nitrogens with two attached hydrogens (primary N) is 2. The van der Waals surface area contributed by atoms with Crippen LogP contribution in [0.5, 0.6) is 0 Å². The second-order valence-electron chi connectivity index (χ2n) is 12.6. The lowest BCUT2D eigenvalue weighted by atomic mass is 9.98. The first kappa shape index (κ1) is 45.9. The number of aliphatic hydroxyl groups is 3. The molecule has 0 spiro atoms. The number of rotatable bonds is 14. The minimum atomic E-state index is -1.74. The summed E-state index contributed by atoms with van der Waals surface area (Å²) < 4.78 is 0. The van der Waals surface area contributed by atoms with E-state index in [9.17, 15) is 58.5 Å². The summed E-state index contributed by atoms with van der Waals surface area (Å²) in [5, 5.41) is 39.2. The van der Waals surface area contributed by atoms with E-state index in [0.29, 0.717) is 11.8 Å². The van der Waals surface area contributed by atoms with Crippen LogP contribution in [-0.2, 0) is 49.6 Å². The smallest absolute Gasteiger partial charge is 0.243 e. The van der Waals surface area contributed by atoms with E-state index >= 15 is 0 Å². The maximum Gasteiger partial charge on any atom is 0.243 e. The molecule has 0 radical (unpaired) electrons. The summed E-state index contributed by atoms with van der Waals surface area (Å²) in [6.45, 7) is -2.55. The van der Waals surface area contributed by atoms with Gasteiger partial charge in [0.15, 0.2) is 0 Å². The zero-order valence-electron chi connectivity index (χ0n) is 30.0. The quantitative estimate of drug-likeness (QED) is 0.0474. The van der Waals surface area contributed by atoms with Crippen LogP contribution in [0.4, 0.5) is 0 Å². The van der Waals surface area contributed by atoms with Gasteiger partial charge < -0.3 is 52.8 Å². The third-order valence-electron chi connectivity index (χ3n) is 8.31. The summed E-state index contributed by atoms with van der Waals surface area (Å²) in [7, 11) is 0. The van der Waals surface area contributed by atoms with Gasteiger partial charge in [0, 0.05) is 19.4 Å². The van der Waals surface area contributed by atoms with Crippen LogP contribution in [0.2, 0.25) is 0 Å². The first-order chi connectivity index (χ1) is 26.2. The van der Waals surface area contributed by atoms with Crippen molar-refractivity contribution >= 4 is 53.3 Å². The van der Waals surface area contributed by atoms with Gasteiger partial charge in [0.05, 0.1) is 38.3 Å². The zero-order valence-corrected chi connectivity index (χ0v) is 30.0. The maximum absolute atomic E-state index is 13.5. The van der Waals surface area contributed by atoms with Gasteiger partial charge in [-0.25, -0.2) is 21.7 Å². The normalized spacial score (nSPS) is 23.8. The van der Waals surface area contributed by atoms with Crippen LogP contribution in [0.3, 0.4) is 0 Å². The number of hydrazine groups is 2. The summed E-state index contributed by atoms with van der Waals surface area (Å²) >= 11 is 0. The minimum Gasteiger partial charge on any atom is -0.394 e. The number of carbonyl (C=O) groups excluding carboxylic acids is 9. The monoisotopic (exact) mass is 778 g/mol. The number of hydrogen-bond acceptors (Lipinski definition) is 16. The Morgan fingerprint density at radius 3 is 2.09 bits per heavy atom. The molecule has 7 atom stereocenters. The van der Waals surface area contributed by atoms with Gasteiger partial charge in [-0.3, -0.25) is 38.4 Å². The van der Waals surface area contributed by atoms with Gasteiger partial charge in [-0.05, 0) is 31.2 Å². The Kier molecular flexibility index (Phi) is 20.2. The summed E-state index contributed by atoms with van der Waals surface area (Å²) in [5.74, 6) is -7.73. The molecule has 1 aromatic rings. The van der Waals surface area contributed by atoms with E-state index in [4.69, 9.17) is 11.5 Å². The lowest BCUT2D eigenvalue weighted by Crippen LogP contribution is -2.62. The number of Topliss-reactive ketones (excluding diaryl/α,β-unsaturated/α-hetero) is 2. The number of carbonyl (C=O) groups is 9. The molecule has 1 aliphatic heterocycles. The van der Waals surface area contributed by atoms with Crippen LogP contribution < -0.4 is 54.4 Å². The number of aliphatic hydroxyl groups excluding tert-OH is 3. The molecular weight excluding hydrogens is 728 g/mol. The Bertz CT molecular complexity index is 1500. The predicted molar refractivity (Wildman–Crippen MR) is 190 cm³/mol. The molecule has 55 heavy (non-hydrogen) atoms.